The van der Waals surface area contributed by atoms with Gasteiger partial charge < -0.3 is 10.2 Å². The lowest BCUT2D eigenvalue weighted by atomic mass is 10.1. The molecule has 3 heterocycles. The Bertz CT molecular complexity index is 910. The molecule has 0 saturated carbocycles. The Labute approximate surface area is 147 Å². The minimum atomic E-state index is 0.809. The van der Waals surface area contributed by atoms with Crippen molar-refractivity contribution in [2.45, 2.75) is 6.42 Å². The minimum Gasteiger partial charge on any atom is -0.368 e. The fraction of sp³-hybridized carbons (Fsp3) is 0.316. The first-order valence-corrected chi connectivity index (χ1v) is 8.60. The fourth-order valence-electron chi connectivity index (χ4n) is 3.02. The van der Waals surface area contributed by atoms with Crippen molar-refractivity contribution in [2.75, 3.05) is 33.7 Å². The van der Waals surface area contributed by atoms with E-state index in [1.807, 2.05) is 22.7 Å². The number of aromatic nitrogens is 3. The molecule has 128 valence electrons. The molecule has 0 aliphatic carbocycles. The number of nitrogens with one attached hydrogen (secondary N) is 1. The number of fused-ring (bicyclic) bond motifs is 1. The zero-order valence-electron chi connectivity index (χ0n) is 14.6. The van der Waals surface area contributed by atoms with Crippen LogP contribution in [0.2, 0.25) is 0 Å². The molecule has 1 aliphatic rings. The second-order valence-corrected chi connectivity index (χ2v) is 6.47. The molecule has 25 heavy (non-hydrogen) atoms. The third kappa shape index (κ3) is 3.13. The molecule has 0 fully saturated rings. The fourth-order valence-corrected chi connectivity index (χ4v) is 3.02. The van der Waals surface area contributed by atoms with Gasteiger partial charge in [-0.05, 0) is 26.2 Å². The van der Waals surface area contributed by atoms with Crippen LogP contribution in [0.4, 0.5) is 0 Å². The van der Waals surface area contributed by atoms with Crippen LogP contribution in [-0.2, 0) is 6.42 Å². The molecule has 6 nitrogen and oxygen atoms in total. The van der Waals surface area contributed by atoms with E-state index in [0.717, 1.165) is 60.2 Å². The van der Waals surface area contributed by atoms with E-state index in [0.29, 0.717) is 0 Å². The van der Waals surface area contributed by atoms with Crippen LogP contribution in [0.15, 0.2) is 47.5 Å². The van der Waals surface area contributed by atoms with Crippen molar-refractivity contribution in [3.63, 3.8) is 0 Å². The first kappa shape index (κ1) is 15.8. The Morgan fingerprint density at radius 3 is 2.68 bits per heavy atom. The lowest BCUT2D eigenvalue weighted by Crippen LogP contribution is -2.20. The van der Waals surface area contributed by atoms with Crippen molar-refractivity contribution < 1.29 is 0 Å². The van der Waals surface area contributed by atoms with Gasteiger partial charge in [-0.1, -0.05) is 30.3 Å². The summed E-state index contributed by atoms with van der Waals surface area (Å²) >= 11 is 0. The number of hydrogen-bond acceptors (Lipinski definition) is 5. The highest BCUT2D eigenvalue weighted by Gasteiger charge is 2.18. The number of pyridine rings is 1. The van der Waals surface area contributed by atoms with Gasteiger partial charge in [0.15, 0.2) is 11.5 Å². The van der Waals surface area contributed by atoms with Gasteiger partial charge >= 0.3 is 0 Å². The highest BCUT2D eigenvalue weighted by atomic mass is 15.3. The Morgan fingerprint density at radius 1 is 1.12 bits per heavy atom. The van der Waals surface area contributed by atoms with Crippen molar-refractivity contribution in [1.29, 1.82) is 0 Å². The predicted molar refractivity (Wildman–Crippen MR) is 100 cm³/mol. The minimum absolute atomic E-state index is 0.809. The summed E-state index contributed by atoms with van der Waals surface area (Å²) < 4.78 is 1.96. The maximum Gasteiger partial charge on any atom is 0.167 e. The third-order valence-corrected chi connectivity index (χ3v) is 4.31. The van der Waals surface area contributed by atoms with Crippen LogP contribution >= 0.6 is 0 Å². The molecule has 0 saturated heterocycles. The zero-order chi connectivity index (χ0) is 17.2. The molecule has 4 rings (SSSR count). The van der Waals surface area contributed by atoms with Crippen molar-refractivity contribution in [3.05, 3.63) is 53.9 Å². The van der Waals surface area contributed by atoms with E-state index in [1.54, 1.807) is 0 Å². The number of hydrogen-bond donors (Lipinski definition) is 1. The highest BCUT2D eigenvalue weighted by Crippen LogP contribution is 2.23. The Kier molecular flexibility index (Phi) is 4.19. The van der Waals surface area contributed by atoms with Crippen LogP contribution in [0.5, 0.6) is 0 Å². The Hall–Kier alpha value is -2.73. The molecule has 0 atom stereocenters. The average Bonchev–Trinajstić information content (AvgIpc) is 3.29. The molecule has 0 bridgehead atoms. The van der Waals surface area contributed by atoms with Crippen LogP contribution < -0.4 is 5.32 Å². The van der Waals surface area contributed by atoms with Crippen LogP contribution in [0.25, 0.3) is 16.9 Å². The standard InChI is InChI=1S/C19H22N6/c1-24(2)13-10-17-22-19-15(18-20-11-12-21-18)8-9-16(25(19)23-17)14-6-4-3-5-7-14/h3-9H,10-13H2,1-2H3,(H,20,21). The largest absolute Gasteiger partial charge is 0.368 e. The van der Waals surface area contributed by atoms with Crippen LogP contribution in [0.1, 0.15) is 11.4 Å². The lowest BCUT2D eigenvalue weighted by Gasteiger charge is -2.08. The van der Waals surface area contributed by atoms with Crippen LogP contribution in [-0.4, -0.2) is 59.1 Å². The summed E-state index contributed by atoms with van der Waals surface area (Å²) in [5.74, 6) is 1.77. The molecular weight excluding hydrogens is 312 g/mol. The second-order valence-electron chi connectivity index (χ2n) is 6.47. The first-order chi connectivity index (χ1) is 12.2. The van der Waals surface area contributed by atoms with E-state index in [-0.39, 0.29) is 0 Å². The highest BCUT2D eigenvalue weighted by molar-refractivity contribution is 6.04. The van der Waals surface area contributed by atoms with E-state index in [2.05, 4.69) is 53.6 Å². The van der Waals surface area contributed by atoms with Crippen molar-refractivity contribution in [3.8, 4) is 11.3 Å². The van der Waals surface area contributed by atoms with Crippen LogP contribution in [0.3, 0.4) is 0 Å². The zero-order valence-corrected chi connectivity index (χ0v) is 14.6. The molecule has 1 aliphatic heterocycles. The third-order valence-electron chi connectivity index (χ3n) is 4.31. The Balaban J connectivity index is 1.85. The number of rotatable bonds is 5. The van der Waals surface area contributed by atoms with E-state index in [1.165, 1.54) is 0 Å². The van der Waals surface area contributed by atoms with Gasteiger partial charge in [-0.15, -0.1) is 0 Å². The smallest absolute Gasteiger partial charge is 0.167 e. The number of benzene rings is 1. The molecule has 3 aromatic rings. The van der Waals surface area contributed by atoms with Gasteiger partial charge in [-0.2, -0.15) is 5.10 Å². The summed E-state index contributed by atoms with van der Waals surface area (Å²) in [6.07, 6.45) is 0.822. The molecule has 0 unspecified atom stereocenters. The number of likely N-dealkylation sites (N-methyl/N-ethyl adjacent to an activating group) is 1. The maximum absolute atomic E-state index is 4.82. The first-order valence-electron chi connectivity index (χ1n) is 8.60. The van der Waals surface area contributed by atoms with Gasteiger partial charge in [0, 0.05) is 25.1 Å². The van der Waals surface area contributed by atoms with Gasteiger partial charge in [0.05, 0.1) is 17.8 Å². The van der Waals surface area contributed by atoms with Gasteiger partial charge in [0.1, 0.15) is 5.84 Å². The SMILES string of the molecule is CN(C)CCc1nc2c(C3=NCCN3)ccc(-c3ccccc3)n2n1. The maximum atomic E-state index is 4.82. The second kappa shape index (κ2) is 6.64. The quantitative estimate of drug-likeness (QED) is 0.774. The molecule has 2 aromatic heterocycles. The summed E-state index contributed by atoms with van der Waals surface area (Å²) in [5, 5.41) is 8.13. The number of amidine groups is 1. The molecule has 1 aromatic carbocycles. The van der Waals surface area contributed by atoms with Crippen molar-refractivity contribution in [2.24, 2.45) is 4.99 Å². The molecule has 0 amide bonds. The Morgan fingerprint density at radius 2 is 1.96 bits per heavy atom. The molecular formula is C19H22N6. The predicted octanol–water partition coefficient (Wildman–Crippen LogP) is 1.85. The normalized spacial score (nSPS) is 14.1. The van der Waals surface area contributed by atoms with Crippen LogP contribution in [0, 0.1) is 0 Å². The summed E-state index contributed by atoms with van der Waals surface area (Å²) in [6, 6.07) is 14.5. The molecule has 0 spiro atoms. The topological polar surface area (TPSA) is 57.8 Å². The summed E-state index contributed by atoms with van der Waals surface area (Å²) in [7, 11) is 4.13. The molecule has 1 N–H and O–H groups in total. The summed E-state index contributed by atoms with van der Waals surface area (Å²) in [5.41, 5.74) is 4.05. The monoisotopic (exact) mass is 334 g/mol. The van der Waals surface area contributed by atoms with Crippen molar-refractivity contribution >= 4 is 11.5 Å². The van der Waals surface area contributed by atoms with Gasteiger partial charge in [-0.25, -0.2) is 9.50 Å². The van der Waals surface area contributed by atoms with E-state index < -0.39 is 0 Å². The summed E-state index contributed by atoms with van der Waals surface area (Å²) in [4.78, 5) is 11.5. The average molecular weight is 334 g/mol. The summed E-state index contributed by atoms with van der Waals surface area (Å²) in [6.45, 7) is 2.61. The molecule has 0 radical (unpaired) electrons. The van der Waals surface area contributed by atoms with Gasteiger partial charge in [0.2, 0.25) is 0 Å². The lowest BCUT2D eigenvalue weighted by molar-refractivity contribution is 0.409. The number of aliphatic imine (C=N–C) groups is 1. The van der Waals surface area contributed by atoms with Crippen molar-refractivity contribution in [1.82, 2.24) is 24.8 Å². The molecule has 6 heteroatoms. The van der Waals surface area contributed by atoms with E-state index in [4.69, 9.17) is 10.1 Å². The number of nitrogens with zero attached hydrogens (tertiary/aromatic N) is 5. The van der Waals surface area contributed by atoms with E-state index >= 15 is 0 Å². The van der Waals surface area contributed by atoms with Gasteiger partial charge in [-0.3, -0.25) is 4.99 Å². The van der Waals surface area contributed by atoms with Gasteiger partial charge in [0.25, 0.3) is 0 Å². The van der Waals surface area contributed by atoms with E-state index in [9.17, 15) is 0 Å².